The summed E-state index contributed by atoms with van der Waals surface area (Å²) in [5.41, 5.74) is 0. The van der Waals surface area contributed by atoms with Crippen LogP contribution in [0.2, 0.25) is 0 Å². The SMILES string of the molecule is CC1CC(CNC2CC=CC2)CCO1. The Morgan fingerprint density at radius 1 is 1.36 bits per heavy atom. The van der Waals surface area contributed by atoms with Crippen molar-refractivity contribution in [3.05, 3.63) is 12.2 Å². The summed E-state index contributed by atoms with van der Waals surface area (Å²) >= 11 is 0. The molecule has 0 aromatic carbocycles. The first-order chi connectivity index (χ1) is 6.84. The molecule has 1 heterocycles. The van der Waals surface area contributed by atoms with Crippen LogP contribution in [-0.2, 0) is 4.74 Å². The van der Waals surface area contributed by atoms with E-state index >= 15 is 0 Å². The molecule has 2 nitrogen and oxygen atoms in total. The van der Waals surface area contributed by atoms with Gasteiger partial charge in [-0.2, -0.15) is 0 Å². The summed E-state index contributed by atoms with van der Waals surface area (Å²) in [5.74, 6) is 0.833. The van der Waals surface area contributed by atoms with Gasteiger partial charge in [0.1, 0.15) is 0 Å². The zero-order chi connectivity index (χ0) is 9.80. The average molecular weight is 195 g/mol. The van der Waals surface area contributed by atoms with Crippen molar-refractivity contribution in [3.63, 3.8) is 0 Å². The van der Waals surface area contributed by atoms with Gasteiger partial charge in [-0.05, 0) is 45.1 Å². The molecule has 1 aliphatic heterocycles. The maximum Gasteiger partial charge on any atom is 0.0550 e. The fraction of sp³-hybridized carbons (Fsp3) is 0.833. The molecule has 0 amide bonds. The van der Waals surface area contributed by atoms with Gasteiger partial charge >= 0.3 is 0 Å². The molecule has 1 N–H and O–H groups in total. The lowest BCUT2D eigenvalue weighted by Gasteiger charge is -2.28. The molecule has 2 aliphatic rings. The van der Waals surface area contributed by atoms with Gasteiger partial charge in [0.25, 0.3) is 0 Å². The topological polar surface area (TPSA) is 21.3 Å². The van der Waals surface area contributed by atoms with Crippen molar-refractivity contribution in [3.8, 4) is 0 Å². The van der Waals surface area contributed by atoms with Crippen LogP contribution in [-0.4, -0.2) is 25.3 Å². The molecule has 2 unspecified atom stereocenters. The van der Waals surface area contributed by atoms with E-state index in [0.29, 0.717) is 12.1 Å². The van der Waals surface area contributed by atoms with E-state index in [-0.39, 0.29) is 0 Å². The van der Waals surface area contributed by atoms with E-state index in [2.05, 4.69) is 24.4 Å². The highest BCUT2D eigenvalue weighted by Crippen LogP contribution is 2.20. The van der Waals surface area contributed by atoms with Gasteiger partial charge in [-0.1, -0.05) is 12.2 Å². The lowest BCUT2D eigenvalue weighted by Crippen LogP contribution is -2.35. The van der Waals surface area contributed by atoms with Gasteiger partial charge in [-0.3, -0.25) is 0 Å². The average Bonchev–Trinajstić information content (AvgIpc) is 2.67. The molecule has 2 atom stereocenters. The summed E-state index contributed by atoms with van der Waals surface area (Å²) in [6, 6.07) is 0.716. The van der Waals surface area contributed by atoms with E-state index in [1.165, 1.54) is 32.2 Å². The Labute approximate surface area is 86.7 Å². The predicted molar refractivity (Wildman–Crippen MR) is 58.3 cm³/mol. The monoisotopic (exact) mass is 195 g/mol. The Morgan fingerprint density at radius 2 is 2.14 bits per heavy atom. The van der Waals surface area contributed by atoms with E-state index in [1.54, 1.807) is 0 Å². The van der Waals surface area contributed by atoms with Crippen molar-refractivity contribution in [1.29, 1.82) is 0 Å². The Bertz CT molecular complexity index is 194. The molecule has 14 heavy (non-hydrogen) atoms. The summed E-state index contributed by atoms with van der Waals surface area (Å²) in [6.07, 6.45) is 9.94. The Kier molecular flexibility index (Phi) is 3.60. The first kappa shape index (κ1) is 10.2. The second-order valence-electron chi connectivity index (χ2n) is 4.62. The normalized spacial score (nSPS) is 33.8. The molecule has 0 aromatic rings. The van der Waals surface area contributed by atoms with E-state index in [9.17, 15) is 0 Å². The maximum atomic E-state index is 5.54. The van der Waals surface area contributed by atoms with Gasteiger partial charge in [0, 0.05) is 12.6 Å². The van der Waals surface area contributed by atoms with E-state index < -0.39 is 0 Å². The Morgan fingerprint density at radius 3 is 2.86 bits per heavy atom. The second-order valence-corrected chi connectivity index (χ2v) is 4.62. The molecule has 0 spiro atoms. The zero-order valence-corrected chi connectivity index (χ0v) is 9.04. The molecule has 2 rings (SSSR count). The van der Waals surface area contributed by atoms with Crippen LogP contribution in [0.3, 0.4) is 0 Å². The minimum absolute atomic E-state index is 0.470. The number of hydrogen-bond acceptors (Lipinski definition) is 2. The van der Waals surface area contributed by atoms with Crippen LogP contribution in [0.15, 0.2) is 12.2 Å². The molecular weight excluding hydrogens is 174 g/mol. The third-order valence-corrected chi connectivity index (χ3v) is 3.30. The lowest BCUT2D eigenvalue weighted by molar-refractivity contribution is 0.00247. The van der Waals surface area contributed by atoms with Gasteiger partial charge in [-0.25, -0.2) is 0 Å². The Hall–Kier alpha value is -0.340. The Balaban J connectivity index is 1.64. The second kappa shape index (κ2) is 4.94. The smallest absolute Gasteiger partial charge is 0.0550 e. The van der Waals surface area contributed by atoms with Gasteiger partial charge in [0.2, 0.25) is 0 Å². The highest BCUT2D eigenvalue weighted by atomic mass is 16.5. The standard InChI is InChI=1S/C12H21NO/c1-10-8-11(6-7-14-10)9-13-12-4-2-3-5-12/h2-3,10-13H,4-9H2,1H3. The summed E-state index contributed by atoms with van der Waals surface area (Å²) in [5, 5.41) is 3.65. The van der Waals surface area contributed by atoms with Crippen molar-refractivity contribution >= 4 is 0 Å². The van der Waals surface area contributed by atoms with E-state index in [0.717, 1.165) is 12.5 Å². The summed E-state index contributed by atoms with van der Waals surface area (Å²) in [7, 11) is 0. The summed E-state index contributed by atoms with van der Waals surface area (Å²) < 4.78 is 5.54. The van der Waals surface area contributed by atoms with Gasteiger partial charge < -0.3 is 10.1 Å². The van der Waals surface area contributed by atoms with Gasteiger partial charge in [-0.15, -0.1) is 0 Å². The summed E-state index contributed by atoms with van der Waals surface area (Å²) in [6.45, 7) is 4.32. The van der Waals surface area contributed by atoms with E-state index in [1.807, 2.05) is 0 Å². The van der Waals surface area contributed by atoms with Crippen LogP contribution in [0.1, 0.15) is 32.6 Å². The van der Waals surface area contributed by atoms with Crippen molar-refractivity contribution in [2.45, 2.75) is 44.8 Å². The summed E-state index contributed by atoms with van der Waals surface area (Å²) in [4.78, 5) is 0. The predicted octanol–water partition coefficient (Wildman–Crippen LogP) is 2.11. The molecule has 1 saturated heterocycles. The van der Waals surface area contributed by atoms with Crippen molar-refractivity contribution in [1.82, 2.24) is 5.32 Å². The largest absolute Gasteiger partial charge is 0.378 e. The van der Waals surface area contributed by atoms with Crippen LogP contribution in [0.25, 0.3) is 0 Å². The van der Waals surface area contributed by atoms with Crippen LogP contribution < -0.4 is 5.32 Å². The quantitative estimate of drug-likeness (QED) is 0.696. The molecule has 0 bridgehead atoms. The highest BCUT2D eigenvalue weighted by Gasteiger charge is 2.20. The first-order valence-electron chi connectivity index (χ1n) is 5.84. The number of rotatable bonds is 3. The molecule has 1 fully saturated rings. The maximum absolute atomic E-state index is 5.54. The lowest BCUT2D eigenvalue weighted by atomic mass is 9.96. The minimum atomic E-state index is 0.470. The van der Waals surface area contributed by atoms with Crippen LogP contribution >= 0.6 is 0 Å². The molecule has 0 radical (unpaired) electrons. The molecular formula is C12H21NO. The van der Waals surface area contributed by atoms with Crippen LogP contribution in [0.5, 0.6) is 0 Å². The number of hydrogen-bond donors (Lipinski definition) is 1. The first-order valence-corrected chi connectivity index (χ1v) is 5.84. The van der Waals surface area contributed by atoms with Crippen molar-refractivity contribution in [2.75, 3.05) is 13.2 Å². The molecule has 1 aliphatic carbocycles. The third-order valence-electron chi connectivity index (χ3n) is 3.30. The molecule has 80 valence electrons. The fourth-order valence-corrected chi connectivity index (χ4v) is 2.39. The van der Waals surface area contributed by atoms with Crippen LogP contribution in [0, 0.1) is 5.92 Å². The fourth-order valence-electron chi connectivity index (χ4n) is 2.39. The van der Waals surface area contributed by atoms with Gasteiger partial charge in [0.15, 0.2) is 0 Å². The zero-order valence-electron chi connectivity index (χ0n) is 9.04. The molecule has 2 heteroatoms. The van der Waals surface area contributed by atoms with Crippen molar-refractivity contribution in [2.24, 2.45) is 5.92 Å². The number of ether oxygens (including phenoxy) is 1. The highest BCUT2D eigenvalue weighted by molar-refractivity contribution is 4.97. The third kappa shape index (κ3) is 2.82. The van der Waals surface area contributed by atoms with Gasteiger partial charge in [0.05, 0.1) is 6.10 Å². The molecule has 0 aromatic heterocycles. The number of nitrogens with one attached hydrogen (secondary N) is 1. The minimum Gasteiger partial charge on any atom is -0.378 e. The van der Waals surface area contributed by atoms with E-state index in [4.69, 9.17) is 4.74 Å². The van der Waals surface area contributed by atoms with Crippen LogP contribution in [0.4, 0.5) is 0 Å². The van der Waals surface area contributed by atoms with Crippen molar-refractivity contribution < 1.29 is 4.74 Å². The molecule has 0 saturated carbocycles.